The molecule has 0 radical (unpaired) electrons. The average Bonchev–Trinajstić information content (AvgIpc) is 2.46. The zero-order valence-electron chi connectivity index (χ0n) is 11.6. The molecule has 0 amide bonds. The summed E-state index contributed by atoms with van der Waals surface area (Å²) < 4.78 is 31.0. The number of terminal acetylenes is 1. The van der Waals surface area contributed by atoms with Crippen LogP contribution in [0.15, 0.2) is 23.1 Å². The predicted molar refractivity (Wildman–Crippen MR) is 77.3 cm³/mol. The molecule has 0 aromatic heterocycles. The van der Waals surface area contributed by atoms with E-state index < -0.39 is 16.0 Å². The summed E-state index contributed by atoms with van der Waals surface area (Å²) in [5.41, 5.74) is -0.201. The maximum atomic E-state index is 12.1. The van der Waals surface area contributed by atoms with Crippen LogP contribution in [0.3, 0.4) is 0 Å². The number of phenols is 1. The molecule has 0 saturated carbocycles. The van der Waals surface area contributed by atoms with E-state index in [0.29, 0.717) is 12.8 Å². The minimum absolute atomic E-state index is 0.113. The van der Waals surface area contributed by atoms with Crippen molar-refractivity contribution in [3.05, 3.63) is 23.8 Å². The van der Waals surface area contributed by atoms with E-state index in [4.69, 9.17) is 6.42 Å². The lowest BCUT2D eigenvalue weighted by Gasteiger charge is -2.08. The van der Waals surface area contributed by atoms with Gasteiger partial charge in [0.05, 0.1) is 12.0 Å². The van der Waals surface area contributed by atoms with Crippen LogP contribution in [0.25, 0.3) is 0 Å². The van der Waals surface area contributed by atoms with Crippen LogP contribution in [0.4, 0.5) is 0 Å². The lowest BCUT2D eigenvalue weighted by Crippen LogP contribution is -2.25. The normalized spacial score (nSPS) is 10.9. The number of ether oxygens (including phenoxy) is 1. The molecule has 0 heterocycles. The summed E-state index contributed by atoms with van der Waals surface area (Å²) in [6.45, 7) is 0.248. The largest absolute Gasteiger partial charge is 0.507 e. The zero-order valence-corrected chi connectivity index (χ0v) is 12.4. The Morgan fingerprint density at radius 2 is 2.14 bits per heavy atom. The van der Waals surface area contributed by atoms with Gasteiger partial charge in [0, 0.05) is 13.0 Å². The van der Waals surface area contributed by atoms with Crippen molar-refractivity contribution in [2.45, 2.75) is 24.2 Å². The van der Waals surface area contributed by atoms with Gasteiger partial charge in [-0.2, -0.15) is 0 Å². The minimum Gasteiger partial charge on any atom is -0.507 e. The molecule has 0 unspecified atom stereocenters. The number of benzene rings is 1. The van der Waals surface area contributed by atoms with E-state index in [-0.39, 0.29) is 22.8 Å². The maximum Gasteiger partial charge on any atom is 0.341 e. The molecule has 0 fully saturated rings. The molecule has 0 aliphatic rings. The fraction of sp³-hybridized carbons (Fsp3) is 0.357. The van der Waals surface area contributed by atoms with Gasteiger partial charge in [-0.05, 0) is 31.0 Å². The number of phenolic OH excluding ortho intramolecular Hbond substituents is 1. The molecule has 1 aromatic rings. The lowest BCUT2D eigenvalue weighted by atomic mass is 10.2. The number of esters is 1. The van der Waals surface area contributed by atoms with Crippen molar-refractivity contribution in [1.29, 1.82) is 0 Å². The molecule has 1 aromatic carbocycles. The van der Waals surface area contributed by atoms with Gasteiger partial charge in [-0.3, -0.25) is 0 Å². The van der Waals surface area contributed by atoms with Crippen molar-refractivity contribution in [3.63, 3.8) is 0 Å². The van der Waals surface area contributed by atoms with E-state index in [1.165, 1.54) is 6.07 Å². The van der Waals surface area contributed by atoms with Crippen molar-refractivity contribution >= 4 is 16.0 Å². The highest BCUT2D eigenvalue weighted by Gasteiger charge is 2.19. The topological polar surface area (TPSA) is 92.7 Å². The molecule has 6 nitrogen and oxygen atoms in total. The Morgan fingerprint density at radius 3 is 2.76 bits per heavy atom. The number of unbranched alkanes of at least 4 members (excludes halogenated alkanes) is 2. The SMILES string of the molecule is C#CCCCCNS(=O)(=O)c1ccc(O)c(C(=O)OC)c1. The standard InChI is InChI=1S/C14H17NO5S/c1-3-4-5-6-9-15-21(18,19)11-7-8-13(16)12(10-11)14(17)20-2/h1,7-8,10,15-16H,4-6,9H2,2H3. The van der Waals surface area contributed by atoms with Gasteiger partial charge in [-0.1, -0.05) is 0 Å². The van der Waals surface area contributed by atoms with E-state index in [1.807, 2.05) is 0 Å². The van der Waals surface area contributed by atoms with Gasteiger partial charge in [0.15, 0.2) is 0 Å². The number of hydrogen-bond donors (Lipinski definition) is 2. The first-order chi connectivity index (χ1) is 9.92. The fourth-order valence-electron chi connectivity index (χ4n) is 1.60. The van der Waals surface area contributed by atoms with Gasteiger partial charge in [0.25, 0.3) is 0 Å². The first-order valence-corrected chi connectivity index (χ1v) is 7.75. The third-order valence-electron chi connectivity index (χ3n) is 2.72. The molecule has 114 valence electrons. The van der Waals surface area contributed by atoms with Gasteiger partial charge in [0.2, 0.25) is 10.0 Å². The average molecular weight is 311 g/mol. The van der Waals surface area contributed by atoms with E-state index >= 15 is 0 Å². The van der Waals surface area contributed by atoms with Gasteiger partial charge in [0.1, 0.15) is 11.3 Å². The second-order valence-electron chi connectivity index (χ2n) is 4.23. The number of rotatable bonds is 7. The lowest BCUT2D eigenvalue weighted by molar-refractivity contribution is 0.0597. The van der Waals surface area contributed by atoms with Crippen molar-refractivity contribution in [1.82, 2.24) is 4.72 Å². The van der Waals surface area contributed by atoms with Crippen molar-refractivity contribution in [3.8, 4) is 18.1 Å². The number of methoxy groups -OCH3 is 1. The molecule has 1 rings (SSSR count). The molecule has 0 atom stereocenters. The highest BCUT2D eigenvalue weighted by Crippen LogP contribution is 2.22. The Kier molecular flexibility index (Phi) is 6.21. The number of carbonyl (C=O) groups is 1. The summed E-state index contributed by atoms with van der Waals surface area (Å²) in [5.74, 6) is 1.33. The van der Waals surface area contributed by atoms with Crippen molar-refractivity contribution in [2.75, 3.05) is 13.7 Å². The van der Waals surface area contributed by atoms with Crippen LogP contribution in [-0.4, -0.2) is 33.1 Å². The summed E-state index contributed by atoms with van der Waals surface area (Å²) in [6.07, 6.45) is 7.04. The molecule has 7 heteroatoms. The first kappa shape index (κ1) is 17.0. The molecule has 0 bridgehead atoms. The van der Waals surface area contributed by atoms with Crippen LogP contribution in [0.1, 0.15) is 29.6 Å². The van der Waals surface area contributed by atoms with E-state index in [0.717, 1.165) is 25.7 Å². The molecular formula is C14H17NO5S. The van der Waals surface area contributed by atoms with Gasteiger partial charge >= 0.3 is 5.97 Å². The molecule has 0 aliphatic carbocycles. The van der Waals surface area contributed by atoms with Crippen LogP contribution >= 0.6 is 0 Å². The smallest absolute Gasteiger partial charge is 0.341 e. The van der Waals surface area contributed by atoms with Gasteiger partial charge < -0.3 is 9.84 Å². The first-order valence-electron chi connectivity index (χ1n) is 6.27. The van der Waals surface area contributed by atoms with Crippen LogP contribution < -0.4 is 4.72 Å². The van der Waals surface area contributed by atoms with E-state index in [9.17, 15) is 18.3 Å². The Bertz CT molecular complexity index is 646. The summed E-state index contributed by atoms with van der Waals surface area (Å²) in [7, 11) is -2.60. The fourth-order valence-corrected chi connectivity index (χ4v) is 2.70. The molecule has 0 saturated heterocycles. The number of sulfonamides is 1. The summed E-state index contributed by atoms with van der Waals surface area (Å²) >= 11 is 0. The Balaban J connectivity index is 2.84. The highest BCUT2D eigenvalue weighted by atomic mass is 32.2. The number of nitrogens with one attached hydrogen (secondary N) is 1. The maximum absolute atomic E-state index is 12.1. The van der Waals surface area contributed by atoms with Gasteiger partial charge in [-0.25, -0.2) is 17.9 Å². The summed E-state index contributed by atoms with van der Waals surface area (Å²) in [6, 6.07) is 3.43. The quantitative estimate of drug-likeness (QED) is 0.449. The third kappa shape index (κ3) is 4.77. The second kappa shape index (κ2) is 7.67. The minimum atomic E-state index is -3.75. The highest BCUT2D eigenvalue weighted by molar-refractivity contribution is 7.89. The van der Waals surface area contributed by atoms with Crippen molar-refractivity contribution < 1.29 is 23.1 Å². The Morgan fingerprint density at radius 1 is 1.43 bits per heavy atom. The van der Waals surface area contributed by atoms with E-state index in [2.05, 4.69) is 15.4 Å². The molecule has 21 heavy (non-hydrogen) atoms. The number of aromatic hydroxyl groups is 1. The Labute approximate surface area is 124 Å². The van der Waals surface area contributed by atoms with Crippen LogP contribution in [0.5, 0.6) is 5.75 Å². The second-order valence-corrected chi connectivity index (χ2v) is 6.00. The van der Waals surface area contributed by atoms with Crippen LogP contribution in [0.2, 0.25) is 0 Å². The van der Waals surface area contributed by atoms with E-state index in [1.54, 1.807) is 0 Å². The van der Waals surface area contributed by atoms with Gasteiger partial charge in [-0.15, -0.1) is 12.3 Å². The summed E-state index contributed by atoms with van der Waals surface area (Å²) in [4.78, 5) is 11.3. The monoisotopic (exact) mass is 311 g/mol. The zero-order chi connectivity index (χ0) is 15.9. The number of carbonyl (C=O) groups excluding carboxylic acids is 1. The van der Waals surface area contributed by atoms with Crippen LogP contribution in [0, 0.1) is 12.3 Å². The number of hydrogen-bond acceptors (Lipinski definition) is 5. The molecule has 2 N–H and O–H groups in total. The molecule has 0 spiro atoms. The third-order valence-corrected chi connectivity index (χ3v) is 4.18. The molecular weight excluding hydrogens is 294 g/mol. The van der Waals surface area contributed by atoms with Crippen LogP contribution in [-0.2, 0) is 14.8 Å². The molecule has 0 aliphatic heterocycles. The predicted octanol–water partition coefficient (Wildman–Crippen LogP) is 1.26. The Hall–Kier alpha value is -2.04. The van der Waals surface area contributed by atoms with Crippen molar-refractivity contribution in [2.24, 2.45) is 0 Å². The summed E-state index contributed by atoms with van der Waals surface area (Å²) in [5, 5.41) is 9.54.